The Hall–Kier alpha value is -3.88. The largest absolute Gasteiger partial charge is 0.480 e. The molecule has 2 aromatic rings. The third-order valence-corrected chi connectivity index (χ3v) is 3.85. The van der Waals surface area contributed by atoms with Gasteiger partial charge in [-0.15, -0.1) is 0 Å². The minimum atomic E-state index is -1.48. The average molecular weight is 414 g/mol. The van der Waals surface area contributed by atoms with E-state index in [0.717, 1.165) is 11.1 Å². The van der Waals surface area contributed by atoms with Crippen molar-refractivity contribution in [2.24, 2.45) is 0 Å². The first-order valence-corrected chi connectivity index (χ1v) is 9.10. The van der Waals surface area contributed by atoms with Gasteiger partial charge in [-0.3, -0.25) is 9.59 Å². The number of carboxylic acid groups (broad SMARTS) is 1. The number of nitrogens with one attached hydrogen (secondary N) is 2. The number of carbonyl (C=O) groups excluding carboxylic acids is 3. The third-order valence-electron chi connectivity index (χ3n) is 3.85. The summed E-state index contributed by atoms with van der Waals surface area (Å²) < 4.78 is 9.97. The summed E-state index contributed by atoms with van der Waals surface area (Å²) in [6, 6.07) is 16.4. The minimum Gasteiger partial charge on any atom is -0.480 e. The lowest BCUT2D eigenvalue weighted by Gasteiger charge is -2.14. The Morgan fingerprint density at radius 2 is 1.37 bits per heavy atom. The number of alkyl carbamates (subject to hydrolysis) is 1. The van der Waals surface area contributed by atoms with Gasteiger partial charge in [-0.05, 0) is 11.1 Å². The summed E-state index contributed by atoms with van der Waals surface area (Å²) in [6.07, 6.45) is -1.38. The zero-order valence-corrected chi connectivity index (χ0v) is 16.1. The molecule has 9 nitrogen and oxygen atoms in total. The molecule has 0 aliphatic carbocycles. The van der Waals surface area contributed by atoms with Gasteiger partial charge >= 0.3 is 18.0 Å². The van der Waals surface area contributed by atoms with Crippen LogP contribution in [0.15, 0.2) is 60.7 Å². The first kappa shape index (κ1) is 22.4. The third kappa shape index (κ3) is 8.42. The van der Waals surface area contributed by atoms with Crippen LogP contribution in [0.5, 0.6) is 0 Å². The van der Waals surface area contributed by atoms with Crippen molar-refractivity contribution in [1.82, 2.24) is 10.6 Å². The van der Waals surface area contributed by atoms with Crippen LogP contribution in [0.25, 0.3) is 0 Å². The van der Waals surface area contributed by atoms with Crippen molar-refractivity contribution in [3.8, 4) is 0 Å². The average Bonchev–Trinajstić information content (AvgIpc) is 2.75. The summed E-state index contributed by atoms with van der Waals surface area (Å²) in [7, 11) is 0. The maximum atomic E-state index is 11.9. The second-order valence-electron chi connectivity index (χ2n) is 6.22. The number of hydrogen-bond donors (Lipinski definition) is 3. The first-order chi connectivity index (χ1) is 14.4. The lowest BCUT2D eigenvalue weighted by Crippen LogP contribution is -2.46. The summed E-state index contributed by atoms with van der Waals surface area (Å²) in [6.45, 7) is -0.482. The second-order valence-corrected chi connectivity index (χ2v) is 6.22. The van der Waals surface area contributed by atoms with Crippen LogP contribution >= 0.6 is 0 Å². The van der Waals surface area contributed by atoms with Crippen molar-refractivity contribution in [2.75, 3.05) is 6.54 Å². The Labute approximate surface area is 173 Å². The number of esters is 1. The number of aliphatic carboxylic acids is 1. The first-order valence-electron chi connectivity index (χ1n) is 9.10. The highest BCUT2D eigenvalue weighted by molar-refractivity contribution is 5.89. The number of ether oxygens (including phenoxy) is 2. The molecule has 0 radical (unpaired) electrons. The van der Waals surface area contributed by atoms with Gasteiger partial charge in [0.15, 0.2) is 0 Å². The van der Waals surface area contributed by atoms with Gasteiger partial charge in [0.25, 0.3) is 0 Å². The van der Waals surface area contributed by atoms with Gasteiger partial charge in [0.1, 0.15) is 25.8 Å². The van der Waals surface area contributed by atoms with Gasteiger partial charge in [-0.1, -0.05) is 60.7 Å². The number of rotatable bonds is 10. The number of benzene rings is 2. The van der Waals surface area contributed by atoms with Gasteiger partial charge in [-0.25, -0.2) is 9.59 Å². The maximum absolute atomic E-state index is 11.9. The van der Waals surface area contributed by atoms with E-state index < -0.39 is 42.9 Å². The molecular formula is C21H22N2O7. The quantitative estimate of drug-likeness (QED) is 0.504. The summed E-state index contributed by atoms with van der Waals surface area (Å²) >= 11 is 0. The molecule has 0 heterocycles. The molecule has 1 atom stereocenters. The van der Waals surface area contributed by atoms with E-state index in [2.05, 4.69) is 10.6 Å². The minimum absolute atomic E-state index is 0.00519. The summed E-state index contributed by atoms with van der Waals surface area (Å²) in [4.78, 5) is 46.7. The normalized spacial score (nSPS) is 11.1. The van der Waals surface area contributed by atoms with Crippen LogP contribution in [0.3, 0.4) is 0 Å². The van der Waals surface area contributed by atoms with Gasteiger partial charge in [-0.2, -0.15) is 0 Å². The Morgan fingerprint density at radius 1 is 0.833 bits per heavy atom. The molecular weight excluding hydrogens is 392 g/mol. The molecule has 0 spiro atoms. The van der Waals surface area contributed by atoms with E-state index in [1.165, 1.54) is 0 Å². The van der Waals surface area contributed by atoms with E-state index in [-0.39, 0.29) is 13.2 Å². The van der Waals surface area contributed by atoms with Gasteiger partial charge in [0.2, 0.25) is 5.91 Å². The van der Waals surface area contributed by atoms with Crippen LogP contribution in [0.1, 0.15) is 17.5 Å². The van der Waals surface area contributed by atoms with Crippen molar-refractivity contribution >= 4 is 23.9 Å². The molecule has 2 aromatic carbocycles. The fourth-order valence-electron chi connectivity index (χ4n) is 2.34. The van der Waals surface area contributed by atoms with Crippen LogP contribution < -0.4 is 10.6 Å². The van der Waals surface area contributed by atoms with Gasteiger partial charge in [0, 0.05) is 0 Å². The predicted octanol–water partition coefficient (Wildman–Crippen LogP) is 1.62. The van der Waals surface area contributed by atoms with E-state index in [4.69, 9.17) is 9.47 Å². The Bertz CT molecular complexity index is 856. The number of amides is 2. The lowest BCUT2D eigenvalue weighted by atomic mass is 10.2. The van der Waals surface area contributed by atoms with E-state index in [1.807, 2.05) is 12.1 Å². The Kier molecular flexibility index (Phi) is 8.85. The van der Waals surface area contributed by atoms with Crippen molar-refractivity contribution in [1.29, 1.82) is 0 Å². The van der Waals surface area contributed by atoms with Crippen LogP contribution in [-0.4, -0.2) is 41.6 Å². The highest BCUT2D eigenvalue weighted by Crippen LogP contribution is 2.04. The maximum Gasteiger partial charge on any atom is 0.407 e. The van der Waals surface area contributed by atoms with Crippen LogP contribution in [-0.2, 0) is 37.1 Å². The van der Waals surface area contributed by atoms with Crippen LogP contribution in [0.4, 0.5) is 4.79 Å². The highest BCUT2D eigenvalue weighted by Gasteiger charge is 2.24. The smallest absolute Gasteiger partial charge is 0.407 e. The Balaban J connectivity index is 1.71. The summed E-state index contributed by atoms with van der Waals surface area (Å²) in [5.74, 6) is -2.96. The topological polar surface area (TPSA) is 131 Å². The fourth-order valence-corrected chi connectivity index (χ4v) is 2.34. The van der Waals surface area contributed by atoms with E-state index >= 15 is 0 Å². The number of hydrogen-bond acceptors (Lipinski definition) is 6. The van der Waals surface area contributed by atoms with E-state index in [1.54, 1.807) is 48.5 Å². The fraction of sp³-hybridized carbons (Fsp3) is 0.238. The molecule has 0 fully saturated rings. The molecule has 158 valence electrons. The number of carbonyl (C=O) groups is 4. The SMILES string of the molecule is O=C(CNC(=O)OCc1ccccc1)N[C@@H](CC(=O)OCc1ccccc1)C(=O)O. The monoisotopic (exact) mass is 414 g/mol. The lowest BCUT2D eigenvalue weighted by molar-refractivity contribution is -0.151. The molecule has 0 aromatic heterocycles. The molecule has 0 unspecified atom stereocenters. The van der Waals surface area contributed by atoms with E-state index in [9.17, 15) is 24.3 Å². The molecule has 0 bridgehead atoms. The van der Waals surface area contributed by atoms with Crippen molar-refractivity contribution in [2.45, 2.75) is 25.7 Å². The molecule has 0 aliphatic heterocycles. The van der Waals surface area contributed by atoms with Crippen LogP contribution in [0.2, 0.25) is 0 Å². The second kappa shape index (κ2) is 11.8. The molecule has 9 heteroatoms. The van der Waals surface area contributed by atoms with Crippen molar-refractivity contribution < 1.29 is 33.8 Å². The van der Waals surface area contributed by atoms with Crippen molar-refractivity contribution in [3.63, 3.8) is 0 Å². The van der Waals surface area contributed by atoms with Crippen LogP contribution in [0, 0.1) is 0 Å². The highest BCUT2D eigenvalue weighted by atomic mass is 16.5. The molecule has 2 rings (SSSR count). The van der Waals surface area contributed by atoms with Gasteiger partial charge < -0.3 is 25.2 Å². The Morgan fingerprint density at radius 3 is 1.90 bits per heavy atom. The predicted molar refractivity (Wildman–Crippen MR) is 105 cm³/mol. The molecule has 0 aliphatic rings. The molecule has 0 saturated heterocycles. The zero-order valence-electron chi connectivity index (χ0n) is 16.1. The molecule has 3 N–H and O–H groups in total. The number of carboxylic acids is 1. The molecule has 30 heavy (non-hydrogen) atoms. The summed E-state index contributed by atoms with van der Waals surface area (Å²) in [5, 5.41) is 13.6. The molecule has 0 saturated carbocycles. The molecule has 2 amide bonds. The zero-order chi connectivity index (χ0) is 21.8. The van der Waals surface area contributed by atoms with Gasteiger partial charge in [0.05, 0.1) is 6.42 Å². The summed E-state index contributed by atoms with van der Waals surface area (Å²) in [5.41, 5.74) is 1.53. The standard InChI is InChI=1S/C21H22N2O7/c24-18(12-22-21(28)30-14-16-9-5-2-6-10-16)23-17(20(26)27)11-19(25)29-13-15-7-3-1-4-8-15/h1-10,17H,11-14H2,(H,22,28)(H,23,24)(H,26,27)/t17-/m0/s1. The van der Waals surface area contributed by atoms with E-state index in [0.29, 0.717) is 0 Å². The van der Waals surface area contributed by atoms with Crippen molar-refractivity contribution in [3.05, 3.63) is 71.8 Å².